The van der Waals surface area contributed by atoms with Gasteiger partial charge >= 0.3 is 0 Å². The molecule has 2 aromatic heterocycles. The fourth-order valence-electron chi connectivity index (χ4n) is 4.93. The number of nitrogens with one attached hydrogen (secondary N) is 2. The maximum atomic E-state index is 13.5. The average molecular weight is 526 g/mol. The van der Waals surface area contributed by atoms with E-state index in [0.29, 0.717) is 17.1 Å². The molecule has 0 aliphatic heterocycles. The molecule has 1 aliphatic carbocycles. The second-order valence-corrected chi connectivity index (χ2v) is 11.2. The molecule has 2 N–H and O–H groups in total. The first kappa shape index (κ1) is 24.5. The highest BCUT2D eigenvalue weighted by atomic mass is 32.1. The number of aromatic amines is 1. The Kier molecular flexibility index (Phi) is 6.54. The van der Waals surface area contributed by atoms with E-state index in [1.54, 1.807) is 18.3 Å². The van der Waals surface area contributed by atoms with Gasteiger partial charge in [0.25, 0.3) is 0 Å². The Morgan fingerprint density at radius 3 is 2.74 bits per heavy atom. The van der Waals surface area contributed by atoms with Crippen LogP contribution >= 0.6 is 11.3 Å². The van der Waals surface area contributed by atoms with Gasteiger partial charge in [0.2, 0.25) is 5.91 Å². The predicted molar refractivity (Wildman–Crippen MR) is 151 cm³/mol. The van der Waals surface area contributed by atoms with Crippen molar-refractivity contribution < 1.29 is 14.0 Å². The summed E-state index contributed by atoms with van der Waals surface area (Å²) < 4.78 is 14.6. The van der Waals surface area contributed by atoms with E-state index in [-0.39, 0.29) is 29.3 Å². The van der Waals surface area contributed by atoms with Crippen molar-refractivity contribution in [1.82, 2.24) is 9.97 Å². The smallest absolute Gasteiger partial charge is 0.229 e. The summed E-state index contributed by atoms with van der Waals surface area (Å²) in [5.74, 6) is 0.263. The minimum absolute atomic E-state index is 0.0582. The first-order valence-corrected chi connectivity index (χ1v) is 13.9. The number of thiazole rings is 1. The summed E-state index contributed by atoms with van der Waals surface area (Å²) in [6.45, 7) is 2.07. The second kappa shape index (κ2) is 10.1. The standard InChI is InChI=1S/C31H28FN3O2S/c1-18(20-5-3-6-23(32)14-20)4-2-7-28(36)25-17-33-26-12-10-21(15-24(25)26)22-11-13-29-27(16-22)34-31(38-29)35-30(37)19-8-9-19/h3,5-6,10-19,33H,2,4,7-9H2,1H3,(H,34,35,37)/t18-/m1/s1. The molecule has 6 rings (SSSR count). The summed E-state index contributed by atoms with van der Waals surface area (Å²) in [6.07, 6.45) is 5.72. The molecule has 1 amide bonds. The van der Waals surface area contributed by atoms with Crippen LogP contribution < -0.4 is 5.32 Å². The lowest BCUT2D eigenvalue weighted by Crippen LogP contribution is -2.12. The number of benzene rings is 3. The van der Waals surface area contributed by atoms with Crippen LogP contribution in [0.25, 0.3) is 32.2 Å². The minimum atomic E-state index is -0.227. The van der Waals surface area contributed by atoms with Gasteiger partial charge in [-0.2, -0.15) is 0 Å². The van der Waals surface area contributed by atoms with Gasteiger partial charge in [-0.1, -0.05) is 42.5 Å². The number of aromatic nitrogens is 2. The molecule has 5 aromatic rings. The van der Waals surface area contributed by atoms with Crippen LogP contribution in [0.3, 0.4) is 0 Å². The molecule has 7 heteroatoms. The van der Waals surface area contributed by atoms with Gasteiger partial charge in [0.15, 0.2) is 10.9 Å². The molecule has 0 unspecified atom stereocenters. The largest absolute Gasteiger partial charge is 0.360 e. The topological polar surface area (TPSA) is 74.8 Å². The SMILES string of the molecule is C[C@H](CCCC(=O)c1c[nH]c2ccc(-c3ccc4sc(NC(=O)C5CC5)nc4c3)cc12)c1cccc(F)c1. The van der Waals surface area contributed by atoms with E-state index >= 15 is 0 Å². The van der Waals surface area contributed by atoms with Crippen molar-refractivity contribution in [2.45, 2.75) is 44.9 Å². The predicted octanol–water partition coefficient (Wildman–Crippen LogP) is 8.09. The number of rotatable bonds is 9. The summed E-state index contributed by atoms with van der Waals surface area (Å²) in [7, 11) is 0. The number of Topliss-reactive ketones (excluding diaryl/α,β-unsaturated/α-hetero) is 1. The third-order valence-electron chi connectivity index (χ3n) is 7.34. The second-order valence-electron chi connectivity index (χ2n) is 10.2. The summed E-state index contributed by atoms with van der Waals surface area (Å²) >= 11 is 1.48. The van der Waals surface area contributed by atoms with E-state index in [1.165, 1.54) is 17.4 Å². The molecular weight excluding hydrogens is 497 g/mol. The number of amides is 1. The van der Waals surface area contributed by atoms with E-state index in [2.05, 4.69) is 34.3 Å². The summed E-state index contributed by atoms with van der Waals surface area (Å²) in [6, 6.07) is 18.9. The Morgan fingerprint density at radius 1 is 1.11 bits per heavy atom. The molecule has 0 spiro atoms. The van der Waals surface area contributed by atoms with Crippen LogP contribution in [0, 0.1) is 11.7 Å². The van der Waals surface area contributed by atoms with Gasteiger partial charge in [-0.15, -0.1) is 0 Å². The maximum absolute atomic E-state index is 13.5. The Hall–Kier alpha value is -3.84. The van der Waals surface area contributed by atoms with Gasteiger partial charge in [-0.25, -0.2) is 9.37 Å². The van der Waals surface area contributed by atoms with Crippen LogP contribution in [-0.2, 0) is 4.79 Å². The molecule has 0 saturated heterocycles. The van der Waals surface area contributed by atoms with Crippen LogP contribution in [0.1, 0.15) is 60.9 Å². The Labute approximate surface area is 224 Å². The Morgan fingerprint density at radius 2 is 1.92 bits per heavy atom. The van der Waals surface area contributed by atoms with E-state index < -0.39 is 0 Å². The molecule has 5 nitrogen and oxygen atoms in total. The zero-order chi connectivity index (χ0) is 26.2. The zero-order valence-corrected chi connectivity index (χ0v) is 21.9. The highest BCUT2D eigenvalue weighted by Crippen LogP contribution is 2.34. The minimum Gasteiger partial charge on any atom is -0.360 e. The molecular formula is C31H28FN3O2S. The normalized spacial score (nSPS) is 14.2. The molecule has 3 aromatic carbocycles. The van der Waals surface area contributed by atoms with E-state index in [1.807, 2.05) is 30.3 Å². The highest BCUT2D eigenvalue weighted by Gasteiger charge is 2.30. The lowest BCUT2D eigenvalue weighted by molar-refractivity contribution is -0.117. The molecule has 2 heterocycles. The summed E-state index contributed by atoms with van der Waals surface area (Å²) in [5, 5.41) is 4.48. The van der Waals surface area contributed by atoms with Gasteiger partial charge in [-0.3, -0.25) is 9.59 Å². The van der Waals surface area contributed by atoms with Gasteiger partial charge in [0, 0.05) is 35.0 Å². The average Bonchev–Trinajstić information content (AvgIpc) is 3.56. The maximum Gasteiger partial charge on any atom is 0.229 e. The van der Waals surface area contributed by atoms with Crippen molar-refractivity contribution in [2.24, 2.45) is 5.92 Å². The third kappa shape index (κ3) is 5.11. The van der Waals surface area contributed by atoms with Crippen molar-refractivity contribution >= 4 is 49.3 Å². The van der Waals surface area contributed by atoms with Crippen molar-refractivity contribution in [3.05, 3.63) is 83.8 Å². The number of fused-ring (bicyclic) bond motifs is 2. The van der Waals surface area contributed by atoms with Crippen LogP contribution in [0.2, 0.25) is 0 Å². The first-order chi connectivity index (χ1) is 18.4. The number of H-pyrrole nitrogens is 1. The van der Waals surface area contributed by atoms with Crippen molar-refractivity contribution in [1.29, 1.82) is 0 Å². The molecule has 38 heavy (non-hydrogen) atoms. The van der Waals surface area contributed by atoms with E-state index in [4.69, 9.17) is 0 Å². The summed E-state index contributed by atoms with van der Waals surface area (Å²) in [5.41, 5.74) is 5.43. The van der Waals surface area contributed by atoms with Crippen LogP contribution in [0.4, 0.5) is 9.52 Å². The van der Waals surface area contributed by atoms with E-state index in [0.717, 1.165) is 63.5 Å². The van der Waals surface area contributed by atoms with Gasteiger partial charge in [0.05, 0.1) is 10.2 Å². The fourth-order valence-corrected chi connectivity index (χ4v) is 5.78. The molecule has 1 fully saturated rings. The molecule has 192 valence electrons. The van der Waals surface area contributed by atoms with Crippen molar-refractivity contribution in [2.75, 3.05) is 5.32 Å². The Balaban J connectivity index is 1.17. The molecule has 1 saturated carbocycles. The number of hydrogen-bond acceptors (Lipinski definition) is 4. The van der Waals surface area contributed by atoms with Crippen LogP contribution in [0.5, 0.6) is 0 Å². The van der Waals surface area contributed by atoms with Gasteiger partial charge in [0.1, 0.15) is 5.82 Å². The molecule has 1 atom stereocenters. The number of ketones is 1. The molecule has 1 aliphatic rings. The lowest BCUT2D eigenvalue weighted by Gasteiger charge is -2.11. The molecule has 0 bridgehead atoms. The fraction of sp³-hybridized carbons (Fsp3) is 0.258. The number of carbonyl (C=O) groups excluding carboxylic acids is 2. The summed E-state index contributed by atoms with van der Waals surface area (Å²) in [4.78, 5) is 33.1. The first-order valence-electron chi connectivity index (χ1n) is 13.1. The number of carbonyl (C=O) groups is 2. The number of anilines is 1. The lowest BCUT2D eigenvalue weighted by atomic mass is 9.93. The van der Waals surface area contributed by atoms with E-state index in [9.17, 15) is 14.0 Å². The highest BCUT2D eigenvalue weighted by molar-refractivity contribution is 7.22. The molecule has 0 radical (unpaired) electrons. The number of nitrogens with zero attached hydrogens (tertiary/aromatic N) is 1. The zero-order valence-electron chi connectivity index (χ0n) is 21.1. The van der Waals surface area contributed by atoms with Crippen LogP contribution in [0.15, 0.2) is 66.9 Å². The van der Waals surface area contributed by atoms with Gasteiger partial charge < -0.3 is 10.3 Å². The van der Waals surface area contributed by atoms with Crippen molar-refractivity contribution in [3.8, 4) is 11.1 Å². The monoisotopic (exact) mass is 525 g/mol. The van der Waals surface area contributed by atoms with Crippen molar-refractivity contribution in [3.63, 3.8) is 0 Å². The third-order valence-corrected chi connectivity index (χ3v) is 8.29. The number of halogens is 1. The number of hydrogen-bond donors (Lipinski definition) is 2. The van der Waals surface area contributed by atoms with Gasteiger partial charge in [-0.05, 0) is 84.7 Å². The quantitative estimate of drug-likeness (QED) is 0.191. The van der Waals surface area contributed by atoms with Crippen LogP contribution in [-0.4, -0.2) is 21.7 Å². The Bertz CT molecular complexity index is 1670.